The van der Waals surface area contributed by atoms with E-state index < -0.39 is 12.1 Å². The normalized spacial score (nSPS) is 22.9. The summed E-state index contributed by atoms with van der Waals surface area (Å²) in [4.78, 5) is 41.1. The Hall–Kier alpha value is -4.70. The number of hydrogen-bond acceptors (Lipinski definition) is 7. The van der Waals surface area contributed by atoms with E-state index in [1.807, 2.05) is 49.4 Å². The molecule has 7 rings (SSSR count). The number of imidazole rings is 1. The fraction of sp³-hybridized carbons (Fsp3) is 0.436. The predicted octanol–water partition coefficient (Wildman–Crippen LogP) is 7.15. The third-order valence-corrected chi connectivity index (χ3v) is 10.7. The highest BCUT2D eigenvalue weighted by molar-refractivity contribution is 5.92. The van der Waals surface area contributed by atoms with E-state index in [4.69, 9.17) is 15.5 Å². The summed E-state index contributed by atoms with van der Waals surface area (Å²) in [7, 11) is 1.32. The smallest absolute Gasteiger partial charge is 0.407 e. The Kier molecular flexibility index (Phi) is 9.40. The molecule has 2 saturated heterocycles. The lowest BCUT2D eigenvalue weighted by molar-refractivity contribution is -0.137. The molecule has 256 valence electrons. The third kappa shape index (κ3) is 6.79. The molecule has 0 spiro atoms. The summed E-state index contributed by atoms with van der Waals surface area (Å²) in [5, 5.41) is 8.58. The molecule has 3 heterocycles. The van der Waals surface area contributed by atoms with Gasteiger partial charge in [-0.05, 0) is 96.6 Å². The number of nitrogens with one attached hydrogen (secondary N) is 3. The van der Waals surface area contributed by atoms with Crippen molar-refractivity contribution in [1.29, 1.82) is 0 Å². The van der Waals surface area contributed by atoms with Gasteiger partial charge >= 0.3 is 6.09 Å². The van der Waals surface area contributed by atoms with Gasteiger partial charge in [0.2, 0.25) is 5.91 Å². The van der Waals surface area contributed by atoms with E-state index in [9.17, 15) is 9.59 Å². The molecule has 3 aromatic carbocycles. The van der Waals surface area contributed by atoms with E-state index >= 15 is 0 Å². The molecule has 5 atom stereocenters. The van der Waals surface area contributed by atoms with Crippen LogP contribution in [0.25, 0.3) is 33.2 Å². The minimum Gasteiger partial charge on any atom is -0.453 e. The van der Waals surface area contributed by atoms with Crippen LogP contribution in [-0.4, -0.2) is 64.9 Å². The van der Waals surface area contributed by atoms with Crippen molar-refractivity contribution in [3.8, 4) is 22.4 Å². The van der Waals surface area contributed by atoms with Crippen LogP contribution in [0.2, 0.25) is 0 Å². The lowest BCUT2D eigenvalue weighted by atomic mass is 9.84. The highest BCUT2D eigenvalue weighted by atomic mass is 16.5. The number of ether oxygens (including phenoxy) is 1. The lowest BCUT2D eigenvalue weighted by Gasteiger charge is -2.36. The average Bonchev–Trinajstić information content (AvgIpc) is 3.89. The van der Waals surface area contributed by atoms with Gasteiger partial charge in [-0.2, -0.15) is 0 Å². The number of likely N-dealkylation sites (tertiary alicyclic amines) is 1. The first-order chi connectivity index (χ1) is 23.8. The topological polar surface area (TPSA) is 138 Å². The molecule has 10 nitrogen and oxygen atoms in total. The zero-order valence-corrected chi connectivity index (χ0v) is 28.6. The number of hydrogen-bond donors (Lipinski definition) is 4. The monoisotopic (exact) mass is 661 g/mol. The van der Waals surface area contributed by atoms with E-state index in [2.05, 4.69) is 57.0 Å². The van der Waals surface area contributed by atoms with Crippen molar-refractivity contribution in [2.24, 2.45) is 16.8 Å². The summed E-state index contributed by atoms with van der Waals surface area (Å²) < 4.78 is 4.83. The Labute approximate surface area is 287 Å². The van der Waals surface area contributed by atoms with Crippen LogP contribution in [0.1, 0.15) is 70.7 Å². The van der Waals surface area contributed by atoms with Crippen LogP contribution in [0.5, 0.6) is 0 Å². The van der Waals surface area contributed by atoms with Crippen molar-refractivity contribution in [3.05, 3.63) is 66.6 Å². The van der Waals surface area contributed by atoms with Crippen LogP contribution >= 0.6 is 0 Å². The van der Waals surface area contributed by atoms with Crippen LogP contribution in [0.4, 0.5) is 16.2 Å². The van der Waals surface area contributed by atoms with Gasteiger partial charge in [0.25, 0.3) is 0 Å². The Balaban J connectivity index is 1.09. The fourth-order valence-electron chi connectivity index (χ4n) is 8.01. The van der Waals surface area contributed by atoms with Gasteiger partial charge in [-0.1, -0.05) is 57.0 Å². The van der Waals surface area contributed by atoms with Crippen LogP contribution in [0.15, 0.2) is 65.8 Å². The van der Waals surface area contributed by atoms with Gasteiger partial charge in [0.15, 0.2) is 0 Å². The van der Waals surface area contributed by atoms with Crippen molar-refractivity contribution in [1.82, 2.24) is 25.5 Å². The molecule has 1 saturated carbocycles. The number of aliphatic imine (C=N–C) groups is 1. The summed E-state index contributed by atoms with van der Waals surface area (Å²) in [5.41, 5.74) is 12.1. The molecule has 2 unspecified atom stereocenters. The largest absolute Gasteiger partial charge is 0.453 e. The van der Waals surface area contributed by atoms with Crippen molar-refractivity contribution in [2.45, 2.75) is 83.0 Å². The number of carbonyl (C=O) groups is 2. The van der Waals surface area contributed by atoms with Gasteiger partial charge in [-0.25, -0.2) is 9.78 Å². The summed E-state index contributed by atoms with van der Waals surface area (Å²) in [5.74, 6) is 1.27. The molecule has 3 aliphatic rings. The molecule has 2 amide bonds. The number of amides is 2. The van der Waals surface area contributed by atoms with E-state index in [0.29, 0.717) is 23.3 Å². The van der Waals surface area contributed by atoms with Gasteiger partial charge in [0.1, 0.15) is 11.9 Å². The Morgan fingerprint density at radius 2 is 1.73 bits per heavy atom. The van der Waals surface area contributed by atoms with E-state index in [-0.39, 0.29) is 23.9 Å². The Morgan fingerprint density at radius 3 is 2.47 bits per heavy atom. The minimum atomic E-state index is -0.667. The summed E-state index contributed by atoms with van der Waals surface area (Å²) in [6, 6.07) is 18.6. The highest BCUT2D eigenvalue weighted by Crippen LogP contribution is 2.40. The maximum atomic E-state index is 14.0. The van der Waals surface area contributed by atoms with Crippen molar-refractivity contribution in [2.75, 3.05) is 19.4 Å². The second-order valence-electron chi connectivity index (χ2n) is 14.2. The number of aromatic nitrogens is 2. The van der Waals surface area contributed by atoms with Crippen molar-refractivity contribution >= 4 is 40.4 Å². The number of alkyl carbamates (subject to hydrolysis) is 1. The molecule has 49 heavy (non-hydrogen) atoms. The van der Waals surface area contributed by atoms with E-state index in [1.165, 1.54) is 20.0 Å². The number of carbonyl (C=O) groups excluding carboxylic acids is 2. The molecule has 1 aliphatic carbocycles. The maximum Gasteiger partial charge on any atom is 0.407 e. The molecule has 2 aliphatic heterocycles. The molecule has 0 radical (unpaired) electrons. The quantitative estimate of drug-likeness (QED) is 0.117. The van der Waals surface area contributed by atoms with Gasteiger partial charge in [-0.15, -0.1) is 0 Å². The van der Waals surface area contributed by atoms with E-state index in [1.54, 1.807) is 0 Å². The van der Waals surface area contributed by atoms with Crippen LogP contribution in [-0.2, 0) is 9.53 Å². The van der Waals surface area contributed by atoms with Crippen LogP contribution in [0, 0.1) is 11.8 Å². The molecule has 10 heteroatoms. The standard InChI is InChI=1S/C39H47N7O3/c1-23(2)36(45-39(48)49-3)38(47)46-30(19-29-7-4-5-9-35(29)46)21-42-32-15-14-27(20-31(32)40)25-10-11-26-18-28(13-12-24(26)17-25)34-22-43-37(44-34)33-8-6-16-41-33/h10-15,17-18,20-23,29-30,33,35-36,41H,4-9,16,19,40H2,1-3H3,(H,43,44)(H,45,48)/t29?,30-,33-,35?,36-/m0/s1. The Bertz CT molecular complexity index is 1860. The molecule has 0 bridgehead atoms. The summed E-state index contributed by atoms with van der Waals surface area (Å²) in [6.07, 6.45) is 10.7. The van der Waals surface area contributed by atoms with Crippen molar-refractivity contribution in [3.63, 3.8) is 0 Å². The first-order valence-electron chi connectivity index (χ1n) is 17.7. The molecular weight excluding hydrogens is 614 g/mol. The molecule has 5 N–H and O–H groups in total. The predicted molar refractivity (Wildman–Crippen MR) is 195 cm³/mol. The van der Waals surface area contributed by atoms with Gasteiger partial charge in [0.05, 0.1) is 42.5 Å². The van der Waals surface area contributed by atoms with Gasteiger partial charge < -0.3 is 31.0 Å². The second kappa shape index (κ2) is 14.0. The van der Waals surface area contributed by atoms with Crippen LogP contribution in [0.3, 0.4) is 0 Å². The minimum absolute atomic E-state index is 0.0753. The fourth-order valence-corrected chi connectivity index (χ4v) is 8.01. The molecule has 3 fully saturated rings. The van der Waals surface area contributed by atoms with Gasteiger partial charge in [-0.3, -0.25) is 9.79 Å². The Morgan fingerprint density at radius 1 is 1.00 bits per heavy atom. The summed E-state index contributed by atoms with van der Waals surface area (Å²) in [6.45, 7) is 4.92. The number of anilines is 1. The molecule has 4 aromatic rings. The number of fused-ring (bicyclic) bond motifs is 2. The second-order valence-corrected chi connectivity index (χ2v) is 14.2. The number of nitrogens with two attached hydrogens (primary N) is 1. The number of benzene rings is 3. The van der Waals surface area contributed by atoms with E-state index in [0.717, 1.165) is 77.6 Å². The zero-order valence-electron chi connectivity index (χ0n) is 28.6. The third-order valence-electron chi connectivity index (χ3n) is 10.7. The number of methoxy groups -OCH3 is 1. The maximum absolute atomic E-state index is 14.0. The first-order valence-corrected chi connectivity index (χ1v) is 17.7. The van der Waals surface area contributed by atoms with Crippen LogP contribution < -0.4 is 16.4 Å². The number of aromatic amines is 1. The average molecular weight is 662 g/mol. The SMILES string of the molecule is COC(=O)N[C@H](C(=O)N1C2CCCCC2C[C@H]1C=Nc1ccc(-c2ccc3cc(-c4cnc([C@@H]5CCCN5)[nH]4)ccc3c2)cc1N)C(C)C. The van der Waals surface area contributed by atoms with Gasteiger partial charge in [0, 0.05) is 17.8 Å². The first kappa shape index (κ1) is 32.8. The molecular formula is C39H47N7O3. The number of nitrogen functional groups attached to an aromatic ring is 1. The number of rotatable bonds is 8. The lowest BCUT2D eigenvalue weighted by Crippen LogP contribution is -2.55. The number of H-pyrrole nitrogens is 1. The van der Waals surface area contributed by atoms with Crippen molar-refractivity contribution < 1.29 is 14.3 Å². The summed E-state index contributed by atoms with van der Waals surface area (Å²) >= 11 is 0. The number of nitrogens with zero attached hydrogens (tertiary/aromatic N) is 3. The molecule has 1 aromatic heterocycles. The zero-order chi connectivity index (χ0) is 34.1. The highest BCUT2D eigenvalue weighted by Gasteiger charge is 2.46.